The summed E-state index contributed by atoms with van der Waals surface area (Å²) in [5, 5.41) is 0. The molecule has 24 heavy (non-hydrogen) atoms. The van der Waals surface area contributed by atoms with Gasteiger partial charge in [0.2, 0.25) is 0 Å². The Hall–Kier alpha value is 0.430. The summed E-state index contributed by atoms with van der Waals surface area (Å²) in [5.41, 5.74) is -0.0748. The van der Waals surface area contributed by atoms with E-state index < -0.39 is 37.5 Å². The number of hydrogen-bond donors (Lipinski definition) is 0. The van der Waals surface area contributed by atoms with Crippen LogP contribution < -0.4 is 0 Å². The molecule has 3 nitrogen and oxygen atoms in total. The Morgan fingerprint density at radius 2 is 1.29 bits per heavy atom. The molecule has 0 atom stereocenters. The van der Waals surface area contributed by atoms with Crippen LogP contribution in [0.25, 0.3) is 0 Å². The van der Waals surface area contributed by atoms with E-state index in [2.05, 4.69) is 9.05 Å². The predicted molar refractivity (Wildman–Crippen MR) is 83.3 cm³/mol. The molecule has 0 aromatic carbocycles. The average molecular weight is 420 g/mol. The minimum Gasteiger partial charge on any atom is -0.298 e. The van der Waals surface area contributed by atoms with Crippen molar-refractivity contribution in [2.75, 3.05) is 24.7 Å². The van der Waals surface area contributed by atoms with Gasteiger partial charge in [0.1, 0.15) is 0 Å². The van der Waals surface area contributed by atoms with Gasteiger partial charge in [-0.05, 0) is 22.8 Å². The molecule has 1 aliphatic rings. The molecule has 0 radical (unpaired) electrons. The summed E-state index contributed by atoms with van der Waals surface area (Å²) < 4.78 is 93.9. The van der Waals surface area contributed by atoms with Crippen LogP contribution in [0.2, 0.25) is 0 Å². The van der Waals surface area contributed by atoms with Crippen molar-refractivity contribution in [1.82, 2.24) is 0 Å². The standard InChI is InChI=1S/C12H19F6O3PS2/c1-10(2,3)8-4-23-9(24-5-8)22(19,20-6-11(13,14)15)21-7-12(16,17)18/h8-9H,4-7H2,1-3H3. The molecule has 0 saturated carbocycles. The Kier molecular flexibility index (Phi) is 7.47. The highest BCUT2D eigenvalue weighted by atomic mass is 32.2. The minimum absolute atomic E-state index is 0.0748. The quantitative estimate of drug-likeness (QED) is 0.417. The van der Waals surface area contributed by atoms with Crippen molar-refractivity contribution in [2.45, 2.75) is 37.4 Å². The molecule has 0 N–H and O–H groups in total. The SMILES string of the molecule is CC(C)(C)C1CSC(P(=O)(OCC(F)(F)F)OCC(F)(F)F)SC1. The molecular formula is C12H19F6O3PS2. The summed E-state index contributed by atoms with van der Waals surface area (Å²) in [5.74, 6) is 1.09. The molecule has 1 saturated heterocycles. The maximum Gasteiger partial charge on any atom is 0.412 e. The fourth-order valence-corrected chi connectivity index (χ4v) is 8.37. The normalized spacial score (nSPS) is 24.2. The summed E-state index contributed by atoms with van der Waals surface area (Å²) in [4.78, 5) is 0. The van der Waals surface area contributed by atoms with Crippen LogP contribution in [0.3, 0.4) is 0 Å². The number of hydrogen-bond acceptors (Lipinski definition) is 5. The zero-order valence-corrected chi connectivity index (χ0v) is 15.8. The second-order valence-corrected chi connectivity index (χ2v) is 11.7. The third-order valence-electron chi connectivity index (χ3n) is 3.18. The van der Waals surface area contributed by atoms with E-state index in [1.54, 1.807) is 0 Å². The number of thioether (sulfide) groups is 2. The Morgan fingerprint density at radius 3 is 1.58 bits per heavy atom. The zero-order chi connectivity index (χ0) is 18.8. The molecule has 1 heterocycles. The topological polar surface area (TPSA) is 35.5 Å². The van der Waals surface area contributed by atoms with Gasteiger partial charge in [0, 0.05) is 0 Å². The van der Waals surface area contributed by atoms with Crippen molar-refractivity contribution in [2.24, 2.45) is 11.3 Å². The van der Waals surface area contributed by atoms with Crippen molar-refractivity contribution in [3.8, 4) is 0 Å². The molecule has 12 heteroatoms. The van der Waals surface area contributed by atoms with Crippen molar-refractivity contribution in [3.05, 3.63) is 0 Å². The second-order valence-electron chi connectivity index (χ2n) is 6.35. The molecule has 1 fully saturated rings. The van der Waals surface area contributed by atoms with Gasteiger partial charge < -0.3 is 0 Å². The molecule has 0 unspecified atom stereocenters. The largest absolute Gasteiger partial charge is 0.412 e. The minimum atomic E-state index is -4.81. The second kappa shape index (κ2) is 7.98. The molecule has 0 aromatic heterocycles. The van der Waals surface area contributed by atoms with E-state index in [9.17, 15) is 30.9 Å². The van der Waals surface area contributed by atoms with E-state index in [-0.39, 0.29) is 11.3 Å². The van der Waals surface area contributed by atoms with E-state index in [4.69, 9.17) is 0 Å². The van der Waals surface area contributed by atoms with Crippen molar-refractivity contribution in [1.29, 1.82) is 0 Å². The number of rotatable bonds is 5. The van der Waals surface area contributed by atoms with Crippen LogP contribution in [0, 0.1) is 11.3 Å². The van der Waals surface area contributed by atoms with Gasteiger partial charge in [-0.15, -0.1) is 23.5 Å². The molecule has 1 rings (SSSR count). The van der Waals surface area contributed by atoms with Gasteiger partial charge in [0.05, 0.1) is 0 Å². The van der Waals surface area contributed by atoms with Gasteiger partial charge >= 0.3 is 19.9 Å². The van der Waals surface area contributed by atoms with E-state index in [0.29, 0.717) is 11.5 Å². The molecule has 0 spiro atoms. The smallest absolute Gasteiger partial charge is 0.298 e. The van der Waals surface area contributed by atoms with Crippen LogP contribution in [0.1, 0.15) is 20.8 Å². The van der Waals surface area contributed by atoms with Crippen LogP contribution in [0.15, 0.2) is 0 Å². The third kappa shape index (κ3) is 7.76. The molecule has 0 amide bonds. The maximum absolute atomic E-state index is 12.5. The first-order valence-corrected chi connectivity index (χ1v) is 10.6. The fourth-order valence-electron chi connectivity index (χ4n) is 1.66. The highest BCUT2D eigenvalue weighted by Crippen LogP contribution is 2.64. The summed E-state index contributed by atoms with van der Waals surface area (Å²) in [6, 6.07) is 0. The monoisotopic (exact) mass is 420 g/mol. The fraction of sp³-hybridized carbons (Fsp3) is 1.00. The van der Waals surface area contributed by atoms with E-state index in [1.165, 1.54) is 0 Å². The van der Waals surface area contributed by atoms with Gasteiger partial charge in [-0.3, -0.25) is 13.6 Å². The number of alkyl halides is 6. The molecule has 0 aliphatic carbocycles. The first kappa shape index (κ1) is 22.5. The summed E-state index contributed by atoms with van der Waals surface area (Å²) >= 11 is 2.04. The Bertz CT molecular complexity index is 433. The van der Waals surface area contributed by atoms with E-state index in [0.717, 1.165) is 23.5 Å². The van der Waals surface area contributed by atoms with Gasteiger partial charge in [-0.2, -0.15) is 26.3 Å². The summed E-state index contributed by atoms with van der Waals surface area (Å²) in [6.45, 7) is 2.13. The molecule has 0 bridgehead atoms. The lowest BCUT2D eigenvalue weighted by molar-refractivity contribution is -0.165. The van der Waals surface area contributed by atoms with Gasteiger partial charge in [-0.25, -0.2) is 0 Å². The van der Waals surface area contributed by atoms with Crippen LogP contribution in [0.5, 0.6) is 0 Å². The van der Waals surface area contributed by atoms with Crippen LogP contribution in [0.4, 0.5) is 26.3 Å². The molecule has 144 valence electrons. The van der Waals surface area contributed by atoms with Gasteiger partial charge in [0.25, 0.3) is 0 Å². The Morgan fingerprint density at radius 1 is 0.917 bits per heavy atom. The summed E-state index contributed by atoms with van der Waals surface area (Å²) in [7, 11) is -4.58. The highest BCUT2D eigenvalue weighted by molar-refractivity contribution is 8.24. The van der Waals surface area contributed by atoms with Crippen molar-refractivity contribution >= 4 is 31.1 Å². The van der Waals surface area contributed by atoms with E-state index >= 15 is 0 Å². The first-order valence-electron chi connectivity index (χ1n) is 6.88. The van der Waals surface area contributed by atoms with Crippen molar-refractivity contribution in [3.63, 3.8) is 0 Å². The van der Waals surface area contributed by atoms with Crippen LogP contribution >= 0.6 is 31.1 Å². The lowest BCUT2D eigenvalue weighted by atomic mass is 9.83. The van der Waals surface area contributed by atoms with Gasteiger partial charge in [0.15, 0.2) is 17.5 Å². The van der Waals surface area contributed by atoms with Gasteiger partial charge in [-0.1, -0.05) is 20.8 Å². The Labute approximate surface area is 145 Å². The third-order valence-corrected chi connectivity index (χ3v) is 9.69. The highest BCUT2D eigenvalue weighted by Gasteiger charge is 2.46. The first-order chi connectivity index (χ1) is 10.6. The zero-order valence-electron chi connectivity index (χ0n) is 13.2. The van der Waals surface area contributed by atoms with Crippen LogP contribution in [-0.2, 0) is 13.6 Å². The number of halogens is 6. The Balaban J connectivity index is 2.80. The lowest BCUT2D eigenvalue weighted by Gasteiger charge is -2.37. The van der Waals surface area contributed by atoms with E-state index in [1.807, 2.05) is 20.8 Å². The molecule has 0 aromatic rings. The average Bonchev–Trinajstić information content (AvgIpc) is 2.41. The predicted octanol–water partition coefficient (Wildman–Crippen LogP) is 5.76. The molecular weight excluding hydrogens is 401 g/mol. The van der Waals surface area contributed by atoms with Crippen LogP contribution in [-0.4, -0.2) is 41.4 Å². The maximum atomic E-state index is 12.5. The lowest BCUT2D eigenvalue weighted by Crippen LogP contribution is -2.30. The summed E-state index contributed by atoms with van der Waals surface area (Å²) in [6.07, 6.45) is -9.62. The van der Waals surface area contributed by atoms with Crippen molar-refractivity contribution < 1.29 is 40.0 Å². The molecule has 1 aliphatic heterocycles.